The Balaban J connectivity index is 2.01. The molecule has 0 radical (unpaired) electrons. The van der Waals surface area contributed by atoms with Gasteiger partial charge in [0.1, 0.15) is 11.5 Å². The molecule has 1 heterocycles. The Labute approximate surface area is 97.4 Å². The van der Waals surface area contributed by atoms with Gasteiger partial charge in [-0.25, -0.2) is 5.43 Å². The minimum atomic E-state index is -0.481. The second-order valence-electron chi connectivity index (χ2n) is 3.23. The third-order valence-electron chi connectivity index (χ3n) is 2.05. The number of carbonyl (C=O) groups excluding carboxylic acids is 1. The first-order chi connectivity index (χ1) is 8.27. The molecule has 5 heteroatoms. The van der Waals surface area contributed by atoms with Gasteiger partial charge >= 0.3 is 0 Å². The van der Waals surface area contributed by atoms with Gasteiger partial charge in [0, 0.05) is 0 Å². The van der Waals surface area contributed by atoms with E-state index < -0.39 is 5.91 Å². The van der Waals surface area contributed by atoms with Gasteiger partial charge in [-0.3, -0.25) is 4.79 Å². The van der Waals surface area contributed by atoms with Crippen molar-refractivity contribution in [2.24, 2.45) is 5.10 Å². The SMILES string of the molecule is O=C(N/N=C/c1ccco1)c1ccccc1O. The van der Waals surface area contributed by atoms with Crippen molar-refractivity contribution in [1.82, 2.24) is 5.43 Å². The zero-order valence-corrected chi connectivity index (χ0v) is 8.83. The average Bonchev–Trinajstić information content (AvgIpc) is 2.82. The molecule has 0 atom stereocenters. The number of rotatable bonds is 3. The number of phenols is 1. The van der Waals surface area contributed by atoms with Crippen molar-refractivity contribution in [3.63, 3.8) is 0 Å². The molecule has 1 aromatic carbocycles. The predicted octanol–water partition coefficient (Wildman–Crippen LogP) is 1.75. The number of amides is 1. The number of phenolic OH excluding ortho intramolecular Hbond substituents is 1. The van der Waals surface area contributed by atoms with Gasteiger partial charge in [-0.05, 0) is 24.3 Å². The molecule has 0 unspecified atom stereocenters. The number of nitrogens with one attached hydrogen (secondary N) is 1. The highest BCUT2D eigenvalue weighted by Crippen LogP contribution is 2.14. The van der Waals surface area contributed by atoms with E-state index in [1.54, 1.807) is 24.3 Å². The number of hydrazone groups is 1. The van der Waals surface area contributed by atoms with E-state index in [1.807, 2.05) is 0 Å². The lowest BCUT2D eigenvalue weighted by Crippen LogP contribution is -2.17. The van der Waals surface area contributed by atoms with Crippen LogP contribution in [-0.2, 0) is 0 Å². The zero-order valence-electron chi connectivity index (χ0n) is 8.83. The summed E-state index contributed by atoms with van der Waals surface area (Å²) in [6, 6.07) is 9.66. The van der Waals surface area contributed by atoms with E-state index in [0.29, 0.717) is 5.76 Å². The molecule has 2 rings (SSSR count). The maximum atomic E-state index is 11.6. The number of nitrogens with zero attached hydrogens (tertiary/aromatic N) is 1. The topological polar surface area (TPSA) is 74.8 Å². The molecule has 0 aliphatic heterocycles. The molecule has 0 saturated heterocycles. The van der Waals surface area contributed by atoms with Crippen molar-refractivity contribution < 1.29 is 14.3 Å². The summed E-state index contributed by atoms with van der Waals surface area (Å²) in [5, 5.41) is 13.1. The normalized spacial score (nSPS) is 10.6. The Bertz CT molecular complexity index is 532. The van der Waals surface area contributed by atoms with Gasteiger partial charge in [0.05, 0.1) is 18.0 Å². The molecule has 0 aliphatic rings. The van der Waals surface area contributed by atoms with Crippen LogP contribution in [0.1, 0.15) is 16.1 Å². The van der Waals surface area contributed by atoms with Crippen molar-refractivity contribution in [2.45, 2.75) is 0 Å². The van der Waals surface area contributed by atoms with Crippen LogP contribution in [0.25, 0.3) is 0 Å². The molecular formula is C12H10N2O3. The fourth-order valence-corrected chi connectivity index (χ4v) is 1.25. The molecule has 17 heavy (non-hydrogen) atoms. The minimum Gasteiger partial charge on any atom is -0.507 e. The second kappa shape index (κ2) is 4.98. The number of benzene rings is 1. The first-order valence-corrected chi connectivity index (χ1v) is 4.92. The second-order valence-corrected chi connectivity index (χ2v) is 3.23. The van der Waals surface area contributed by atoms with Gasteiger partial charge in [-0.1, -0.05) is 12.1 Å². The Hall–Kier alpha value is -2.56. The summed E-state index contributed by atoms with van der Waals surface area (Å²) in [6.07, 6.45) is 2.88. The Morgan fingerprint density at radius 2 is 2.12 bits per heavy atom. The van der Waals surface area contributed by atoms with Crippen molar-refractivity contribution in [3.8, 4) is 5.75 Å². The molecular weight excluding hydrogens is 220 g/mol. The van der Waals surface area contributed by atoms with Crippen molar-refractivity contribution in [2.75, 3.05) is 0 Å². The Morgan fingerprint density at radius 1 is 1.29 bits per heavy atom. The van der Waals surface area contributed by atoms with Crippen LogP contribution in [-0.4, -0.2) is 17.2 Å². The maximum Gasteiger partial charge on any atom is 0.275 e. The number of carbonyl (C=O) groups is 1. The fourth-order valence-electron chi connectivity index (χ4n) is 1.25. The van der Waals surface area contributed by atoms with E-state index in [9.17, 15) is 9.90 Å². The van der Waals surface area contributed by atoms with E-state index in [-0.39, 0.29) is 11.3 Å². The first kappa shape index (κ1) is 10.9. The largest absolute Gasteiger partial charge is 0.507 e. The van der Waals surface area contributed by atoms with E-state index >= 15 is 0 Å². The lowest BCUT2D eigenvalue weighted by molar-refractivity contribution is 0.0952. The standard InChI is InChI=1S/C12H10N2O3/c15-11-6-2-1-5-10(11)12(16)14-13-8-9-4-3-7-17-9/h1-8,15H,(H,14,16)/b13-8+. The first-order valence-electron chi connectivity index (χ1n) is 4.92. The summed E-state index contributed by atoms with van der Waals surface area (Å²) < 4.78 is 4.99. The predicted molar refractivity (Wildman–Crippen MR) is 61.9 cm³/mol. The highest BCUT2D eigenvalue weighted by atomic mass is 16.3. The monoisotopic (exact) mass is 230 g/mol. The van der Waals surface area contributed by atoms with E-state index in [4.69, 9.17) is 4.42 Å². The smallest absolute Gasteiger partial charge is 0.275 e. The molecule has 0 fully saturated rings. The molecule has 1 aromatic heterocycles. The van der Waals surface area contributed by atoms with E-state index in [1.165, 1.54) is 24.6 Å². The molecule has 2 N–H and O–H groups in total. The summed E-state index contributed by atoms with van der Waals surface area (Å²) in [7, 11) is 0. The van der Waals surface area contributed by atoms with Crippen molar-refractivity contribution in [1.29, 1.82) is 0 Å². The molecule has 2 aromatic rings. The van der Waals surface area contributed by atoms with Crippen LogP contribution in [0.4, 0.5) is 0 Å². The molecule has 5 nitrogen and oxygen atoms in total. The van der Waals surface area contributed by atoms with Crippen LogP contribution >= 0.6 is 0 Å². The molecule has 0 saturated carbocycles. The number of furan rings is 1. The van der Waals surface area contributed by atoms with Crippen molar-refractivity contribution in [3.05, 3.63) is 54.0 Å². The summed E-state index contributed by atoms with van der Waals surface area (Å²) in [6.45, 7) is 0. The molecule has 0 bridgehead atoms. The van der Waals surface area contributed by atoms with E-state index in [0.717, 1.165) is 0 Å². The molecule has 1 amide bonds. The number of para-hydroxylation sites is 1. The highest BCUT2D eigenvalue weighted by molar-refractivity contribution is 5.97. The van der Waals surface area contributed by atoms with Crippen LogP contribution < -0.4 is 5.43 Å². The number of aromatic hydroxyl groups is 1. The maximum absolute atomic E-state index is 11.6. The summed E-state index contributed by atoms with van der Waals surface area (Å²) in [4.78, 5) is 11.6. The van der Waals surface area contributed by atoms with Gasteiger partial charge in [0.2, 0.25) is 0 Å². The summed E-state index contributed by atoms with van der Waals surface area (Å²) in [5.74, 6) is -0.0355. The summed E-state index contributed by atoms with van der Waals surface area (Å²) in [5.41, 5.74) is 2.46. The van der Waals surface area contributed by atoms with Gasteiger partial charge in [-0.2, -0.15) is 5.10 Å². The molecule has 0 spiro atoms. The number of hydrogen-bond donors (Lipinski definition) is 2. The summed E-state index contributed by atoms with van der Waals surface area (Å²) >= 11 is 0. The molecule has 86 valence electrons. The zero-order chi connectivity index (χ0) is 12.1. The van der Waals surface area contributed by atoms with Crippen LogP contribution in [0.5, 0.6) is 5.75 Å². The third-order valence-corrected chi connectivity index (χ3v) is 2.05. The van der Waals surface area contributed by atoms with Crippen LogP contribution in [0.15, 0.2) is 52.2 Å². The van der Waals surface area contributed by atoms with Gasteiger partial charge in [0.25, 0.3) is 5.91 Å². The van der Waals surface area contributed by atoms with Crippen LogP contribution in [0.3, 0.4) is 0 Å². The lowest BCUT2D eigenvalue weighted by atomic mass is 10.2. The Kier molecular flexibility index (Phi) is 3.20. The minimum absolute atomic E-state index is 0.0850. The average molecular weight is 230 g/mol. The van der Waals surface area contributed by atoms with Crippen molar-refractivity contribution >= 4 is 12.1 Å². The quantitative estimate of drug-likeness (QED) is 0.623. The molecule has 0 aliphatic carbocycles. The third kappa shape index (κ3) is 2.72. The lowest BCUT2D eigenvalue weighted by Gasteiger charge is -2.01. The van der Waals surface area contributed by atoms with Gasteiger partial charge in [0.15, 0.2) is 0 Å². The highest BCUT2D eigenvalue weighted by Gasteiger charge is 2.08. The van der Waals surface area contributed by atoms with Crippen LogP contribution in [0, 0.1) is 0 Å². The number of hydrogen-bond acceptors (Lipinski definition) is 4. The van der Waals surface area contributed by atoms with Crippen LogP contribution in [0.2, 0.25) is 0 Å². The van der Waals surface area contributed by atoms with E-state index in [2.05, 4.69) is 10.5 Å². The fraction of sp³-hybridized carbons (Fsp3) is 0. The Morgan fingerprint density at radius 3 is 2.82 bits per heavy atom. The van der Waals surface area contributed by atoms with Gasteiger partial charge in [-0.15, -0.1) is 0 Å². The van der Waals surface area contributed by atoms with Gasteiger partial charge < -0.3 is 9.52 Å².